The first-order valence-electron chi connectivity index (χ1n) is 6.57. The Bertz CT molecular complexity index is 559. The van der Waals surface area contributed by atoms with Crippen molar-refractivity contribution in [3.05, 3.63) is 30.1 Å². The minimum atomic E-state index is -3.48. The monoisotopic (exact) mass is 284 g/mol. The molecule has 2 fully saturated rings. The molecule has 2 aliphatic heterocycles. The van der Waals surface area contributed by atoms with Gasteiger partial charge < -0.3 is 0 Å². The summed E-state index contributed by atoms with van der Waals surface area (Å²) in [6.45, 7) is 2.95. The molecule has 1 atom stereocenters. The summed E-state index contributed by atoms with van der Waals surface area (Å²) in [6.07, 6.45) is 2.21. The molecule has 6 heteroatoms. The van der Waals surface area contributed by atoms with E-state index in [2.05, 4.69) is 4.90 Å². The molecule has 2 aliphatic rings. The van der Waals surface area contributed by atoms with Crippen LogP contribution in [0.25, 0.3) is 0 Å². The molecule has 1 unspecified atom stereocenters. The summed E-state index contributed by atoms with van der Waals surface area (Å²) in [7, 11) is -3.48. The second-order valence-electron chi connectivity index (χ2n) is 5.15. The van der Waals surface area contributed by atoms with Crippen LogP contribution in [0.2, 0.25) is 0 Å². The van der Waals surface area contributed by atoms with E-state index in [1.807, 2.05) is 0 Å². The molecule has 2 saturated heterocycles. The van der Waals surface area contributed by atoms with Crippen LogP contribution in [0.4, 0.5) is 4.39 Å². The van der Waals surface area contributed by atoms with Crippen molar-refractivity contribution in [1.82, 2.24) is 9.21 Å². The number of nitrogens with zero attached hydrogens (tertiary/aromatic N) is 2. The van der Waals surface area contributed by atoms with Crippen molar-refractivity contribution in [3.8, 4) is 0 Å². The van der Waals surface area contributed by atoms with Gasteiger partial charge in [0.25, 0.3) is 0 Å². The minimum absolute atomic E-state index is 0.181. The highest BCUT2D eigenvalue weighted by atomic mass is 32.2. The van der Waals surface area contributed by atoms with Crippen molar-refractivity contribution in [1.29, 1.82) is 0 Å². The van der Waals surface area contributed by atoms with E-state index in [0.29, 0.717) is 19.1 Å². The van der Waals surface area contributed by atoms with Crippen LogP contribution in [-0.2, 0) is 10.0 Å². The summed E-state index contributed by atoms with van der Waals surface area (Å²) in [5, 5.41) is 0. The van der Waals surface area contributed by atoms with Gasteiger partial charge in [-0.1, -0.05) is 0 Å². The Morgan fingerprint density at radius 1 is 1.11 bits per heavy atom. The summed E-state index contributed by atoms with van der Waals surface area (Å²) >= 11 is 0. The molecule has 0 bridgehead atoms. The average Bonchev–Trinajstić information content (AvgIpc) is 2.86. The first kappa shape index (κ1) is 13.0. The second-order valence-corrected chi connectivity index (χ2v) is 7.09. The highest BCUT2D eigenvalue weighted by Gasteiger charge is 2.36. The van der Waals surface area contributed by atoms with Crippen molar-refractivity contribution in [2.24, 2.45) is 0 Å². The number of benzene rings is 1. The lowest BCUT2D eigenvalue weighted by atomic mass is 10.2. The number of sulfonamides is 1. The molecular formula is C13H17FN2O2S. The van der Waals surface area contributed by atoms with Gasteiger partial charge in [-0.15, -0.1) is 0 Å². The Balaban J connectivity index is 1.82. The molecule has 0 radical (unpaired) electrons. The largest absolute Gasteiger partial charge is 0.298 e. The lowest BCUT2D eigenvalue weighted by Gasteiger charge is -2.36. The fraction of sp³-hybridized carbons (Fsp3) is 0.538. The summed E-state index contributed by atoms with van der Waals surface area (Å²) in [5.74, 6) is -0.417. The minimum Gasteiger partial charge on any atom is -0.298 e. The Kier molecular flexibility index (Phi) is 3.32. The quantitative estimate of drug-likeness (QED) is 0.822. The Morgan fingerprint density at radius 3 is 2.58 bits per heavy atom. The molecule has 0 amide bonds. The number of hydrogen-bond acceptors (Lipinski definition) is 3. The summed E-state index contributed by atoms with van der Waals surface area (Å²) < 4.78 is 39.4. The average molecular weight is 284 g/mol. The standard InChI is InChI=1S/C13H17FN2O2S/c14-11-3-5-13(6-4-11)19(17,18)16-9-8-15-7-1-2-12(15)10-16/h3-6,12H,1-2,7-10H2. The van der Waals surface area contributed by atoms with Gasteiger partial charge in [-0.3, -0.25) is 4.90 Å². The van der Waals surface area contributed by atoms with E-state index in [1.165, 1.54) is 28.6 Å². The number of fused-ring (bicyclic) bond motifs is 1. The number of rotatable bonds is 2. The van der Waals surface area contributed by atoms with Crippen LogP contribution in [0.15, 0.2) is 29.2 Å². The van der Waals surface area contributed by atoms with Crippen molar-refractivity contribution in [2.75, 3.05) is 26.2 Å². The summed E-state index contributed by atoms with van der Waals surface area (Å²) in [5.41, 5.74) is 0. The van der Waals surface area contributed by atoms with Crippen LogP contribution in [0.3, 0.4) is 0 Å². The molecule has 0 aliphatic carbocycles. The lowest BCUT2D eigenvalue weighted by molar-refractivity contribution is 0.158. The van der Waals surface area contributed by atoms with Crippen molar-refractivity contribution in [3.63, 3.8) is 0 Å². The fourth-order valence-corrected chi connectivity index (χ4v) is 4.41. The van der Waals surface area contributed by atoms with Crippen LogP contribution in [0, 0.1) is 5.82 Å². The maximum absolute atomic E-state index is 12.9. The third-order valence-electron chi connectivity index (χ3n) is 4.00. The van der Waals surface area contributed by atoms with Gasteiger partial charge in [0.05, 0.1) is 4.90 Å². The predicted octanol–water partition coefficient (Wildman–Crippen LogP) is 1.29. The number of piperazine rings is 1. The number of halogens is 1. The SMILES string of the molecule is O=S(=O)(c1ccc(F)cc1)N1CCN2CCCC2C1. The normalized spacial score (nSPS) is 25.4. The second kappa shape index (κ2) is 4.85. The third kappa shape index (κ3) is 2.40. The third-order valence-corrected chi connectivity index (χ3v) is 5.88. The molecule has 2 heterocycles. The number of hydrogen-bond donors (Lipinski definition) is 0. The van der Waals surface area contributed by atoms with Gasteiger partial charge in [-0.25, -0.2) is 12.8 Å². The molecule has 19 heavy (non-hydrogen) atoms. The van der Waals surface area contributed by atoms with Gasteiger partial charge in [0.15, 0.2) is 0 Å². The molecule has 0 aromatic heterocycles. The van der Waals surface area contributed by atoms with Gasteiger partial charge in [0.1, 0.15) is 5.82 Å². The zero-order valence-corrected chi connectivity index (χ0v) is 11.4. The van der Waals surface area contributed by atoms with Gasteiger partial charge in [0, 0.05) is 25.7 Å². The smallest absolute Gasteiger partial charge is 0.243 e. The zero-order chi connectivity index (χ0) is 13.5. The van der Waals surface area contributed by atoms with Crippen LogP contribution >= 0.6 is 0 Å². The topological polar surface area (TPSA) is 40.6 Å². The van der Waals surface area contributed by atoms with Crippen LogP contribution in [-0.4, -0.2) is 49.8 Å². The molecule has 3 rings (SSSR count). The first-order chi connectivity index (χ1) is 9.07. The molecule has 104 valence electrons. The first-order valence-corrected chi connectivity index (χ1v) is 8.01. The molecule has 0 N–H and O–H groups in total. The maximum Gasteiger partial charge on any atom is 0.243 e. The van der Waals surface area contributed by atoms with E-state index < -0.39 is 15.8 Å². The molecule has 0 spiro atoms. The van der Waals surface area contributed by atoms with E-state index in [4.69, 9.17) is 0 Å². The van der Waals surface area contributed by atoms with E-state index in [0.717, 1.165) is 25.9 Å². The highest BCUT2D eigenvalue weighted by molar-refractivity contribution is 7.89. The van der Waals surface area contributed by atoms with Crippen molar-refractivity contribution < 1.29 is 12.8 Å². The predicted molar refractivity (Wildman–Crippen MR) is 69.8 cm³/mol. The van der Waals surface area contributed by atoms with E-state index in [1.54, 1.807) is 0 Å². The summed E-state index contributed by atoms with van der Waals surface area (Å²) in [4.78, 5) is 2.54. The molecular weight excluding hydrogens is 267 g/mol. The van der Waals surface area contributed by atoms with Crippen LogP contribution < -0.4 is 0 Å². The van der Waals surface area contributed by atoms with Crippen molar-refractivity contribution in [2.45, 2.75) is 23.8 Å². The molecule has 4 nitrogen and oxygen atoms in total. The molecule has 0 saturated carbocycles. The van der Waals surface area contributed by atoms with E-state index in [-0.39, 0.29) is 4.90 Å². The van der Waals surface area contributed by atoms with E-state index >= 15 is 0 Å². The van der Waals surface area contributed by atoms with E-state index in [9.17, 15) is 12.8 Å². The molecule has 1 aromatic rings. The van der Waals surface area contributed by atoms with Crippen LogP contribution in [0.1, 0.15) is 12.8 Å². The van der Waals surface area contributed by atoms with Crippen molar-refractivity contribution >= 4 is 10.0 Å². The summed E-state index contributed by atoms with van der Waals surface area (Å²) in [6, 6.07) is 5.42. The Labute approximate surface area is 112 Å². The lowest BCUT2D eigenvalue weighted by Crippen LogP contribution is -2.51. The fourth-order valence-electron chi connectivity index (χ4n) is 2.94. The molecule has 1 aromatic carbocycles. The highest BCUT2D eigenvalue weighted by Crippen LogP contribution is 2.25. The van der Waals surface area contributed by atoms with Crippen LogP contribution in [0.5, 0.6) is 0 Å². The van der Waals surface area contributed by atoms with Gasteiger partial charge in [-0.2, -0.15) is 4.31 Å². The Hall–Kier alpha value is -0.980. The van der Waals surface area contributed by atoms with Gasteiger partial charge in [-0.05, 0) is 43.7 Å². The van der Waals surface area contributed by atoms with Gasteiger partial charge in [0.2, 0.25) is 10.0 Å². The maximum atomic E-state index is 12.9. The Morgan fingerprint density at radius 2 is 1.84 bits per heavy atom. The zero-order valence-electron chi connectivity index (χ0n) is 10.6. The van der Waals surface area contributed by atoms with Gasteiger partial charge >= 0.3 is 0 Å².